The molecule has 1 fully saturated rings. The smallest absolute Gasteiger partial charge is 0.243 e. The van der Waals surface area contributed by atoms with Crippen LogP contribution in [0.5, 0.6) is 0 Å². The lowest BCUT2D eigenvalue weighted by Crippen LogP contribution is -2.47. The number of benzene rings is 1. The molecule has 1 heterocycles. The van der Waals surface area contributed by atoms with Crippen LogP contribution in [0.2, 0.25) is 0 Å². The Hall–Kier alpha value is -1.07. The van der Waals surface area contributed by atoms with Gasteiger partial charge in [-0.1, -0.05) is 15.9 Å². The highest BCUT2D eigenvalue weighted by atomic mass is 79.9. The molecule has 0 saturated heterocycles. The molecular formula is C14H18BrN3O. The molecule has 1 aliphatic heterocycles. The van der Waals surface area contributed by atoms with Crippen molar-refractivity contribution in [1.29, 1.82) is 0 Å². The molecule has 0 bridgehead atoms. The highest BCUT2D eigenvalue weighted by Gasteiger charge is 2.30. The van der Waals surface area contributed by atoms with E-state index in [1.807, 2.05) is 12.1 Å². The van der Waals surface area contributed by atoms with Crippen molar-refractivity contribution in [2.24, 2.45) is 5.73 Å². The second-order valence-electron chi connectivity index (χ2n) is 5.41. The minimum Gasteiger partial charge on any atom is -0.358 e. The standard InChI is InChI=1S/C14H18BrN3O/c15-9-1-6-13-12(7-9)17-14(19)8-18(13)11-4-2-10(16)3-5-11/h1,6-7,10-11H,2-5,8,16H2,(H,17,19). The molecule has 0 atom stereocenters. The number of fused-ring (bicyclic) bond motifs is 1. The van der Waals surface area contributed by atoms with Crippen molar-refractivity contribution in [3.63, 3.8) is 0 Å². The van der Waals surface area contributed by atoms with E-state index in [-0.39, 0.29) is 5.91 Å². The van der Waals surface area contributed by atoms with Crippen LogP contribution >= 0.6 is 15.9 Å². The van der Waals surface area contributed by atoms with Gasteiger partial charge in [-0.2, -0.15) is 0 Å². The normalized spacial score (nSPS) is 26.8. The third-order valence-electron chi connectivity index (χ3n) is 4.04. The minimum absolute atomic E-state index is 0.0699. The Kier molecular flexibility index (Phi) is 3.50. The van der Waals surface area contributed by atoms with Crippen LogP contribution in [-0.2, 0) is 4.79 Å². The summed E-state index contributed by atoms with van der Waals surface area (Å²) in [5.41, 5.74) is 8.00. The van der Waals surface area contributed by atoms with Crippen LogP contribution in [0.3, 0.4) is 0 Å². The van der Waals surface area contributed by atoms with E-state index in [1.54, 1.807) is 0 Å². The van der Waals surface area contributed by atoms with Crippen molar-refractivity contribution < 1.29 is 4.79 Å². The molecule has 0 spiro atoms. The lowest BCUT2D eigenvalue weighted by atomic mass is 9.90. The van der Waals surface area contributed by atoms with Crippen LogP contribution in [0, 0.1) is 0 Å². The average Bonchev–Trinajstić information content (AvgIpc) is 2.38. The summed E-state index contributed by atoms with van der Waals surface area (Å²) >= 11 is 3.45. The molecule has 0 unspecified atom stereocenters. The number of amides is 1. The van der Waals surface area contributed by atoms with Crippen LogP contribution in [0.25, 0.3) is 0 Å². The number of halogens is 1. The van der Waals surface area contributed by atoms with Gasteiger partial charge in [0.2, 0.25) is 5.91 Å². The maximum absolute atomic E-state index is 11.9. The Bertz CT molecular complexity index is 497. The summed E-state index contributed by atoms with van der Waals surface area (Å²) in [5, 5.41) is 2.94. The summed E-state index contributed by atoms with van der Waals surface area (Å²) in [6.07, 6.45) is 4.25. The number of carbonyl (C=O) groups excluding carboxylic acids is 1. The van der Waals surface area contributed by atoms with Crippen molar-refractivity contribution in [1.82, 2.24) is 0 Å². The van der Waals surface area contributed by atoms with Gasteiger partial charge in [0.15, 0.2) is 0 Å². The molecule has 3 rings (SSSR count). The van der Waals surface area contributed by atoms with E-state index < -0.39 is 0 Å². The zero-order valence-corrected chi connectivity index (χ0v) is 12.3. The molecule has 3 N–H and O–H groups in total. The SMILES string of the molecule is NC1CCC(N2CC(=O)Nc3cc(Br)ccc32)CC1. The molecule has 2 aliphatic rings. The van der Waals surface area contributed by atoms with E-state index in [0.717, 1.165) is 41.5 Å². The van der Waals surface area contributed by atoms with Crippen LogP contribution in [0.15, 0.2) is 22.7 Å². The van der Waals surface area contributed by atoms with Crippen molar-refractivity contribution in [3.8, 4) is 0 Å². The monoisotopic (exact) mass is 323 g/mol. The van der Waals surface area contributed by atoms with Gasteiger partial charge < -0.3 is 16.0 Å². The molecule has 1 saturated carbocycles. The fourth-order valence-electron chi connectivity index (χ4n) is 3.03. The zero-order valence-electron chi connectivity index (χ0n) is 10.7. The van der Waals surface area contributed by atoms with Gasteiger partial charge in [-0.15, -0.1) is 0 Å². The third-order valence-corrected chi connectivity index (χ3v) is 4.53. The molecule has 1 aromatic carbocycles. The number of hydrogen-bond acceptors (Lipinski definition) is 3. The van der Waals surface area contributed by atoms with Crippen LogP contribution < -0.4 is 16.0 Å². The van der Waals surface area contributed by atoms with E-state index in [2.05, 4.69) is 32.2 Å². The first kappa shape index (κ1) is 12.9. The lowest BCUT2D eigenvalue weighted by molar-refractivity contribution is -0.115. The summed E-state index contributed by atoms with van der Waals surface area (Å²) in [7, 11) is 0. The molecular weight excluding hydrogens is 306 g/mol. The summed E-state index contributed by atoms with van der Waals surface area (Å²) in [4.78, 5) is 14.1. The first-order valence-corrected chi connectivity index (χ1v) is 7.54. The molecule has 1 amide bonds. The van der Waals surface area contributed by atoms with Crippen LogP contribution in [-0.4, -0.2) is 24.5 Å². The van der Waals surface area contributed by atoms with Gasteiger partial charge in [0, 0.05) is 16.6 Å². The Morgan fingerprint density at radius 1 is 1.26 bits per heavy atom. The summed E-state index contributed by atoms with van der Waals surface area (Å²) < 4.78 is 0.985. The Balaban J connectivity index is 1.88. The fourth-order valence-corrected chi connectivity index (χ4v) is 3.39. The van der Waals surface area contributed by atoms with Gasteiger partial charge in [-0.25, -0.2) is 0 Å². The first-order chi connectivity index (χ1) is 9.13. The van der Waals surface area contributed by atoms with Gasteiger partial charge in [-0.3, -0.25) is 4.79 Å². The number of hydrogen-bond donors (Lipinski definition) is 2. The maximum Gasteiger partial charge on any atom is 0.243 e. The number of nitrogens with two attached hydrogens (primary N) is 1. The summed E-state index contributed by atoms with van der Waals surface area (Å²) in [6, 6.07) is 6.84. The van der Waals surface area contributed by atoms with Crippen LogP contribution in [0.1, 0.15) is 25.7 Å². The molecule has 5 heteroatoms. The minimum atomic E-state index is 0.0699. The van der Waals surface area contributed by atoms with Crippen molar-refractivity contribution in [2.75, 3.05) is 16.8 Å². The van der Waals surface area contributed by atoms with Gasteiger partial charge >= 0.3 is 0 Å². The van der Waals surface area contributed by atoms with E-state index in [4.69, 9.17) is 5.73 Å². The predicted molar refractivity (Wildman–Crippen MR) is 80.3 cm³/mol. The number of nitrogens with one attached hydrogen (secondary N) is 1. The van der Waals surface area contributed by atoms with Gasteiger partial charge in [0.05, 0.1) is 17.9 Å². The highest BCUT2D eigenvalue weighted by Crippen LogP contribution is 2.36. The topological polar surface area (TPSA) is 58.4 Å². The first-order valence-electron chi connectivity index (χ1n) is 6.75. The Morgan fingerprint density at radius 2 is 2.00 bits per heavy atom. The Labute approximate surface area is 121 Å². The maximum atomic E-state index is 11.9. The number of nitrogens with zero attached hydrogens (tertiary/aromatic N) is 1. The fraction of sp³-hybridized carbons (Fsp3) is 0.500. The number of carbonyl (C=O) groups is 1. The molecule has 0 radical (unpaired) electrons. The molecule has 1 aliphatic carbocycles. The second kappa shape index (κ2) is 5.13. The Morgan fingerprint density at radius 3 is 2.74 bits per heavy atom. The van der Waals surface area contributed by atoms with E-state index >= 15 is 0 Å². The number of rotatable bonds is 1. The molecule has 102 valence electrons. The van der Waals surface area contributed by atoms with Gasteiger partial charge in [-0.05, 0) is 43.9 Å². The summed E-state index contributed by atoms with van der Waals surface area (Å²) in [6.45, 7) is 0.453. The molecule has 4 nitrogen and oxygen atoms in total. The quantitative estimate of drug-likeness (QED) is 0.834. The van der Waals surface area contributed by atoms with Crippen molar-refractivity contribution in [3.05, 3.63) is 22.7 Å². The third kappa shape index (κ3) is 2.62. The van der Waals surface area contributed by atoms with Gasteiger partial charge in [0.25, 0.3) is 0 Å². The van der Waals surface area contributed by atoms with Crippen LogP contribution in [0.4, 0.5) is 11.4 Å². The highest BCUT2D eigenvalue weighted by molar-refractivity contribution is 9.10. The summed E-state index contributed by atoms with van der Waals surface area (Å²) in [5.74, 6) is 0.0699. The van der Waals surface area contributed by atoms with Crippen molar-refractivity contribution >= 4 is 33.2 Å². The van der Waals surface area contributed by atoms with Gasteiger partial charge in [0.1, 0.15) is 0 Å². The van der Waals surface area contributed by atoms with E-state index in [0.29, 0.717) is 18.6 Å². The second-order valence-corrected chi connectivity index (χ2v) is 6.32. The van der Waals surface area contributed by atoms with Crippen molar-refractivity contribution in [2.45, 2.75) is 37.8 Å². The zero-order chi connectivity index (χ0) is 13.4. The largest absolute Gasteiger partial charge is 0.358 e. The number of anilines is 2. The molecule has 0 aromatic heterocycles. The lowest BCUT2D eigenvalue weighted by Gasteiger charge is -2.40. The van der Waals surface area contributed by atoms with E-state index in [9.17, 15) is 4.79 Å². The van der Waals surface area contributed by atoms with E-state index in [1.165, 1.54) is 0 Å². The molecule has 1 aromatic rings. The average molecular weight is 324 g/mol. The predicted octanol–water partition coefficient (Wildman–Crippen LogP) is 2.48. The molecule has 19 heavy (non-hydrogen) atoms.